The molecule has 4 rings (SSSR count). The molecule has 1 aromatic carbocycles. The minimum atomic E-state index is -0.937. The Balaban J connectivity index is 1.38. The maximum absolute atomic E-state index is 13.0. The molecular weight excluding hydrogens is 366 g/mol. The lowest BCUT2D eigenvalue weighted by atomic mass is 10.0. The van der Waals surface area contributed by atoms with Gasteiger partial charge in [0.15, 0.2) is 0 Å². The Labute approximate surface area is 162 Å². The molecule has 1 N–H and O–H groups in total. The molecular formula is C19H20ClN5O2. The Morgan fingerprint density at radius 3 is 2.37 bits per heavy atom. The van der Waals surface area contributed by atoms with Crippen LogP contribution in [-0.4, -0.2) is 52.9 Å². The third kappa shape index (κ3) is 3.60. The summed E-state index contributed by atoms with van der Waals surface area (Å²) in [7, 11) is 0. The summed E-state index contributed by atoms with van der Waals surface area (Å²) in [6.45, 7) is 2.43. The van der Waals surface area contributed by atoms with Crippen molar-refractivity contribution in [2.45, 2.75) is 12.8 Å². The van der Waals surface area contributed by atoms with Crippen LogP contribution >= 0.6 is 11.6 Å². The average Bonchev–Trinajstić information content (AvgIpc) is 3.50. The Kier molecular flexibility index (Phi) is 4.70. The standard InChI is InChI=1S/C19H20ClN5O2/c20-14-3-1-4-15(13-14)23-16(26)19(5-6-19)17(27)24-9-11-25(12-10-24)18-21-7-2-8-22-18/h1-4,7-8,13H,5-6,9-12H2,(H,23,26). The number of nitrogens with zero attached hydrogens (tertiary/aromatic N) is 4. The number of piperazine rings is 1. The lowest BCUT2D eigenvalue weighted by Crippen LogP contribution is -2.53. The number of aromatic nitrogens is 2. The number of carbonyl (C=O) groups excluding carboxylic acids is 2. The maximum Gasteiger partial charge on any atom is 0.240 e. The van der Waals surface area contributed by atoms with Crippen molar-refractivity contribution in [3.8, 4) is 0 Å². The predicted octanol–water partition coefficient (Wildman–Crippen LogP) is 2.20. The third-order valence-corrected chi connectivity index (χ3v) is 5.31. The van der Waals surface area contributed by atoms with Gasteiger partial charge in [-0.2, -0.15) is 0 Å². The highest BCUT2D eigenvalue weighted by molar-refractivity contribution is 6.31. The number of amides is 2. The minimum absolute atomic E-state index is 0.0874. The molecule has 27 heavy (non-hydrogen) atoms. The molecule has 2 amide bonds. The molecule has 1 saturated carbocycles. The zero-order valence-electron chi connectivity index (χ0n) is 14.8. The number of hydrogen-bond donors (Lipinski definition) is 1. The van der Waals surface area contributed by atoms with Gasteiger partial charge in [-0.1, -0.05) is 17.7 Å². The van der Waals surface area contributed by atoms with Gasteiger partial charge in [0.25, 0.3) is 0 Å². The first-order valence-corrected chi connectivity index (χ1v) is 9.35. The summed E-state index contributed by atoms with van der Waals surface area (Å²) in [5, 5.41) is 3.38. The molecule has 2 aliphatic rings. The Bertz CT molecular complexity index is 848. The lowest BCUT2D eigenvalue weighted by Gasteiger charge is -2.36. The summed E-state index contributed by atoms with van der Waals surface area (Å²) in [6, 6.07) is 8.73. The molecule has 2 fully saturated rings. The van der Waals surface area contributed by atoms with Crippen LogP contribution in [0.15, 0.2) is 42.7 Å². The van der Waals surface area contributed by atoms with Crippen molar-refractivity contribution >= 4 is 35.1 Å². The van der Waals surface area contributed by atoms with Crippen LogP contribution in [-0.2, 0) is 9.59 Å². The van der Waals surface area contributed by atoms with Crippen molar-refractivity contribution in [1.82, 2.24) is 14.9 Å². The van der Waals surface area contributed by atoms with Crippen LogP contribution in [0.5, 0.6) is 0 Å². The van der Waals surface area contributed by atoms with E-state index < -0.39 is 5.41 Å². The SMILES string of the molecule is O=C(Nc1cccc(Cl)c1)C1(C(=O)N2CCN(c3ncccn3)CC2)CC1. The van der Waals surface area contributed by atoms with E-state index in [1.54, 1.807) is 47.6 Å². The summed E-state index contributed by atoms with van der Waals surface area (Å²) in [5.41, 5.74) is -0.328. The summed E-state index contributed by atoms with van der Waals surface area (Å²) in [4.78, 5) is 38.1. The summed E-state index contributed by atoms with van der Waals surface area (Å²) >= 11 is 5.97. The van der Waals surface area contributed by atoms with E-state index in [9.17, 15) is 9.59 Å². The third-order valence-electron chi connectivity index (χ3n) is 5.08. The van der Waals surface area contributed by atoms with Gasteiger partial charge < -0.3 is 15.1 Å². The summed E-state index contributed by atoms with van der Waals surface area (Å²) < 4.78 is 0. The number of hydrogen-bond acceptors (Lipinski definition) is 5. The fourth-order valence-corrected chi connectivity index (χ4v) is 3.54. The predicted molar refractivity (Wildman–Crippen MR) is 103 cm³/mol. The molecule has 140 valence electrons. The van der Waals surface area contributed by atoms with E-state index >= 15 is 0 Å². The first-order chi connectivity index (χ1) is 13.1. The number of rotatable bonds is 4. The molecule has 7 nitrogen and oxygen atoms in total. The van der Waals surface area contributed by atoms with E-state index in [2.05, 4.69) is 20.2 Å². The van der Waals surface area contributed by atoms with Gasteiger partial charge >= 0.3 is 0 Å². The first kappa shape index (κ1) is 17.7. The smallest absolute Gasteiger partial charge is 0.240 e. The molecule has 8 heteroatoms. The zero-order chi connectivity index (χ0) is 18.9. The van der Waals surface area contributed by atoms with Crippen LogP contribution in [0.2, 0.25) is 5.02 Å². The Hall–Kier alpha value is -2.67. The van der Waals surface area contributed by atoms with Gasteiger partial charge in [-0.3, -0.25) is 9.59 Å². The van der Waals surface area contributed by atoms with Gasteiger partial charge in [0.05, 0.1) is 0 Å². The van der Waals surface area contributed by atoms with Gasteiger partial charge in [-0.25, -0.2) is 9.97 Å². The van der Waals surface area contributed by atoms with Crippen LogP contribution in [0.3, 0.4) is 0 Å². The van der Waals surface area contributed by atoms with Gasteiger partial charge in [0, 0.05) is 49.3 Å². The molecule has 0 atom stereocenters. The van der Waals surface area contributed by atoms with Crippen molar-refractivity contribution in [3.05, 3.63) is 47.7 Å². The fraction of sp³-hybridized carbons (Fsp3) is 0.368. The molecule has 1 aromatic heterocycles. The quantitative estimate of drug-likeness (QED) is 0.816. The van der Waals surface area contributed by atoms with Crippen LogP contribution in [0, 0.1) is 5.41 Å². The summed E-state index contributed by atoms with van der Waals surface area (Å²) in [6.07, 6.45) is 4.58. The Morgan fingerprint density at radius 2 is 1.74 bits per heavy atom. The highest BCUT2D eigenvalue weighted by Gasteiger charge is 2.58. The molecule has 0 unspecified atom stereocenters. The van der Waals surface area contributed by atoms with E-state index in [0.717, 1.165) is 0 Å². The van der Waals surface area contributed by atoms with E-state index in [0.29, 0.717) is 55.7 Å². The Morgan fingerprint density at radius 1 is 1.04 bits per heavy atom. The van der Waals surface area contributed by atoms with Crippen molar-refractivity contribution in [3.63, 3.8) is 0 Å². The molecule has 1 saturated heterocycles. The minimum Gasteiger partial charge on any atom is -0.338 e. The number of carbonyl (C=O) groups is 2. The molecule has 2 aromatic rings. The monoisotopic (exact) mass is 385 g/mol. The topological polar surface area (TPSA) is 78.4 Å². The van der Waals surface area contributed by atoms with Crippen LogP contribution in [0.4, 0.5) is 11.6 Å². The average molecular weight is 386 g/mol. The van der Waals surface area contributed by atoms with E-state index in [1.807, 2.05) is 0 Å². The van der Waals surface area contributed by atoms with E-state index in [1.165, 1.54) is 0 Å². The highest BCUT2D eigenvalue weighted by atomic mass is 35.5. The van der Waals surface area contributed by atoms with Crippen molar-refractivity contribution in [1.29, 1.82) is 0 Å². The van der Waals surface area contributed by atoms with Crippen LogP contribution in [0.1, 0.15) is 12.8 Å². The second-order valence-corrected chi connectivity index (χ2v) is 7.31. The molecule has 0 radical (unpaired) electrons. The molecule has 0 bridgehead atoms. The van der Waals surface area contributed by atoms with Gasteiger partial charge in [-0.05, 0) is 37.1 Å². The number of halogens is 1. The number of nitrogens with one attached hydrogen (secondary N) is 1. The lowest BCUT2D eigenvalue weighted by molar-refractivity contribution is -0.142. The largest absolute Gasteiger partial charge is 0.338 e. The van der Waals surface area contributed by atoms with E-state index in [4.69, 9.17) is 11.6 Å². The second-order valence-electron chi connectivity index (χ2n) is 6.87. The normalized spacial score (nSPS) is 18.1. The van der Waals surface area contributed by atoms with Crippen molar-refractivity contribution in [2.24, 2.45) is 5.41 Å². The van der Waals surface area contributed by atoms with Crippen molar-refractivity contribution < 1.29 is 9.59 Å². The van der Waals surface area contributed by atoms with Crippen LogP contribution in [0.25, 0.3) is 0 Å². The first-order valence-electron chi connectivity index (χ1n) is 8.97. The van der Waals surface area contributed by atoms with Gasteiger partial charge in [0.1, 0.15) is 5.41 Å². The second kappa shape index (κ2) is 7.15. The highest BCUT2D eigenvalue weighted by Crippen LogP contribution is 2.48. The zero-order valence-corrected chi connectivity index (χ0v) is 15.5. The summed E-state index contributed by atoms with van der Waals surface area (Å²) in [5.74, 6) is 0.337. The molecule has 0 spiro atoms. The molecule has 1 aliphatic carbocycles. The molecule has 1 aliphatic heterocycles. The van der Waals surface area contributed by atoms with Crippen LogP contribution < -0.4 is 10.2 Å². The molecule has 2 heterocycles. The van der Waals surface area contributed by atoms with Gasteiger partial charge in [0.2, 0.25) is 17.8 Å². The number of benzene rings is 1. The van der Waals surface area contributed by atoms with Gasteiger partial charge in [-0.15, -0.1) is 0 Å². The van der Waals surface area contributed by atoms with Crippen molar-refractivity contribution in [2.75, 3.05) is 36.4 Å². The fourth-order valence-electron chi connectivity index (χ4n) is 3.35. The number of anilines is 2. The van der Waals surface area contributed by atoms with E-state index in [-0.39, 0.29) is 11.8 Å². The maximum atomic E-state index is 13.0.